The number of amides is 2. The van der Waals surface area contributed by atoms with E-state index < -0.39 is 16.1 Å². The highest BCUT2D eigenvalue weighted by Crippen LogP contribution is 2.42. The molecule has 0 saturated heterocycles. The van der Waals surface area contributed by atoms with Gasteiger partial charge in [-0.3, -0.25) is 13.9 Å². The van der Waals surface area contributed by atoms with Gasteiger partial charge in [-0.2, -0.15) is 0 Å². The molecule has 1 aliphatic carbocycles. The summed E-state index contributed by atoms with van der Waals surface area (Å²) in [5.41, 5.74) is 2.74. The lowest BCUT2D eigenvalue weighted by Crippen LogP contribution is -2.49. The maximum atomic E-state index is 13.5. The summed E-state index contributed by atoms with van der Waals surface area (Å²) in [7, 11) is -3.67. The fourth-order valence-electron chi connectivity index (χ4n) is 5.58. The fraction of sp³-hybridized carbons (Fsp3) is 0.400. The molecule has 3 aromatic carbocycles. The third-order valence-corrected chi connectivity index (χ3v) is 9.63. The van der Waals surface area contributed by atoms with Crippen LogP contribution in [0.15, 0.2) is 65.6 Å². The van der Waals surface area contributed by atoms with E-state index in [0.717, 1.165) is 47.6 Å². The summed E-state index contributed by atoms with van der Waals surface area (Å²) in [4.78, 5) is 28.6. The maximum Gasteiger partial charge on any atom is 0.265 e. The standard InChI is InChI=1S/C30H35N3O4S/c1-21-15-17-23(18-16-21)20-32(22(2)30(35)31-25-10-3-4-11-25)28(34)14-7-19-33-26-12-5-8-24-9-6-13-27(29(24)26)38(33,36)37/h5-6,8-9,12-13,15-18,22,25H,3-4,7,10-11,14,19-20H2,1-2H3,(H,31,35)/t22-/m1/s1. The number of rotatable bonds is 9. The van der Waals surface area contributed by atoms with Crippen molar-refractivity contribution in [2.45, 2.75) is 75.9 Å². The largest absolute Gasteiger partial charge is 0.352 e. The van der Waals surface area contributed by atoms with Crippen molar-refractivity contribution >= 4 is 38.3 Å². The van der Waals surface area contributed by atoms with Gasteiger partial charge in [0.1, 0.15) is 6.04 Å². The highest BCUT2D eigenvalue weighted by molar-refractivity contribution is 7.93. The van der Waals surface area contributed by atoms with Gasteiger partial charge in [0, 0.05) is 30.9 Å². The van der Waals surface area contributed by atoms with Gasteiger partial charge in [-0.25, -0.2) is 8.42 Å². The minimum absolute atomic E-state index is 0.137. The predicted octanol–water partition coefficient (Wildman–Crippen LogP) is 4.91. The van der Waals surface area contributed by atoms with Crippen LogP contribution in [0.5, 0.6) is 0 Å². The molecule has 2 aliphatic rings. The van der Waals surface area contributed by atoms with Crippen LogP contribution in [0.4, 0.5) is 5.69 Å². The monoisotopic (exact) mass is 533 g/mol. The zero-order chi connectivity index (χ0) is 26.9. The summed E-state index contributed by atoms with van der Waals surface area (Å²) in [6.07, 6.45) is 4.67. The van der Waals surface area contributed by atoms with Crippen LogP contribution >= 0.6 is 0 Å². The average molecular weight is 534 g/mol. The molecule has 1 N–H and O–H groups in total. The van der Waals surface area contributed by atoms with Crippen molar-refractivity contribution in [1.29, 1.82) is 0 Å². The lowest BCUT2D eigenvalue weighted by molar-refractivity contribution is -0.141. The van der Waals surface area contributed by atoms with E-state index in [1.54, 1.807) is 24.0 Å². The van der Waals surface area contributed by atoms with Crippen molar-refractivity contribution in [3.8, 4) is 0 Å². The predicted molar refractivity (Wildman–Crippen MR) is 149 cm³/mol. The van der Waals surface area contributed by atoms with Gasteiger partial charge in [0.2, 0.25) is 11.8 Å². The Morgan fingerprint density at radius 2 is 1.71 bits per heavy atom. The molecular formula is C30H35N3O4S. The van der Waals surface area contributed by atoms with E-state index in [4.69, 9.17) is 0 Å². The van der Waals surface area contributed by atoms with Crippen molar-refractivity contribution in [3.05, 3.63) is 71.8 Å². The molecule has 7 nitrogen and oxygen atoms in total. The molecule has 1 aliphatic heterocycles. The lowest BCUT2D eigenvalue weighted by atomic mass is 10.1. The summed E-state index contributed by atoms with van der Waals surface area (Å²) in [5.74, 6) is -0.298. The van der Waals surface area contributed by atoms with Crippen LogP contribution in [0.3, 0.4) is 0 Å². The molecule has 0 bridgehead atoms. The van der Waals surface area contributed by atoms with E-state index in [-0.39, 0.29) is 30.8 Å². The topological polar surface area (TPSA) is 86.8 Å². The average Bonchev–Trinajstić information content (AvgIpc) is 3.49. The number of nitrogens with zero attached hydrogens (tertiary/aromatic N) is 2. The molecule has 5 rings (SSSR count). The molecule has 1 fully saturated rings. The number of nitrogens with one attached hydrogen (secondary N) is 1. The zero-order valence-corrected chi connectivity index (χ0v) is 22.8. The quantitative estimate of drug-likeness (QED) is 0.423. The Balaban J connectivity index is 1.29. The van der Waals surface area contributed by atoms with Crippen molar-refractivity contribution in [2.24, 2.45) is 0 Å². The SMILES string of the molecule is Cc1ccc(CN(C(=O)CCCN2c3cccc4cccc(c34)S2(=O)=O)[C@H](C)C(=O)NC2CCCC2)cc1. The fourth-order valence-corrected chi connectivity index (χ4v) is 7.33. The third-order valence-electron chi connectivity index (χ3n) is 7.78. The van der Waals surface area contributed by atoms with Crippen LogP contribution < -0.4 is 9.62 Å². The molecule has 3 aromatic rings. The molecule has 1 atom stereocenters. The summed E-state index contributed by atoms with van der Waals surface area (Å²) in [6, 6.07) is 18.4. The van der Waals surface area contributed by atoms with E-state index in [9.17, 15) is 18.0 Å². The molecule has 0 unspecified atom stereocenters. The first kappa shape index (κ1) is 26.2. The highest BCUT2D eigenvalue weighted by atomic mass is 32.2. The van der Waals surface area contributed by atoms with Gasteiger partial charge >= 0.3 is 0 Å². The molecule has 1 heterocycles. The number of sulfonamides is 1. The van der Waals surface area contributed by atoms with E-state index in [2.05, 4.69) is 5.32 Å². The van der Waals surface area contributed by atoms with Crippen molar-refractivity contribution < 1.29 is 18.0 Å². The van der Waals surface area contributed by atoms with E-state index in [1.165, 1.54) is 4.31 Å². The van der Waals surface area contributed by atoms with Crippen molar-refractivity contribution in [2.75, 3.05) is 10.8 Å². The Hall–Kier alpha value is -3.39. The van der Waals surface area contributed by atoms with Gasteiger partial charge in [-0.15, -0.1) is 0 Å². The molecule has 38 heavy (non-hydrogen) atoms. The molecular weight excluding hydrogens is 498 g/mol. The molecule has 0 radical (unpaired) electrons. The maximum absolute atomic E-state index is 13.5. The number of aryl methyl sites for hydroxylation is 1. The Labute approximate surface area is 224 Å². The van der Waals surface area contributed by atoms with Crippen LogP contribution in [0.1, 0.15) is 56.6 Å². The minimum atomic E-state index is -3.67. The number of hydrogen-bond donors (Lipinski definition) is 1. The molecule has 8 heteroatoms. The smallest absolute Gasteiger partial charge is 0.265 e. The second kappa shape index (κ2) is 10.8. The highest BCUT2D eigenvalue weighted by Gasteiger charge is 2.35. The first-order valence-corrected chi connectivity index (χ1v) is 14.9. The molecule has 200 valence electrons. The Morgan fingerprint density at radius 3 is 2.42 bits per heavy atom. The van der Waals surface area contributed by atoms with Crippen LogP contribution in [-0.4, -0.2) is 43.8 Å². The Kier molecular flexibility index (Phi) is 7.43. The summed E-state index contributed by atoms with van der Waals surface area (Å²) in [6.45, 7) is 4.31. The number of benzene rings is 3. The third kappa shape index (κ3) is 5.14. The van der Waals surface area contributed by atoms with Gasteiger partial charge in [-0.1, -0.05) is 66.9 Å². The van der Waals surface area contributed by atoms with Crippen LogP contribution in [0.2, 0.25) is 0 Å². The van der Waals surface area contributed by atoms with Crippen molar-refractivity contribution in [1.82, 2.24) is 10.2 Å². The van der Waals surface area contributed by atoms with Gasteiger partial charge in [0.15, 0.2) is 0 Å². The normalized spacial score (nSPS) is 17.1. The second-order valence-electron chi connectivity index (χ2n) is 10.5. The number of hydrogen-bond acceptors (Lipinski definition) is 4. The van der Waals surface area contributed by atoms with E-state index >= 15 is 0 Å². The van der Waals surface area contributed by atoms with Crippen LogP contribution in [0, 0.1) is 6.92 Å². The number of carbonyl (C=O) groups excluding carboxylic acids is 2. The Bertz CT molecular complexity index is 1440. The van der Waals surface area contributed by atoms with Gasteiger partial charge in [0.05, 0.1) is 10.6 Å². The van der Waals surface area contributed by atoms with Gasteiger partial charge in [0.25, 0.3) is 10.0 Å². The molecule has 2 amide bonds. The van der Waals surface area contributed by atoms with E-state index in [1.807, 2.05) is 55.5 Å². The minimum Gasteiger partial charge on any atom is -0.352 e. The summed E-state index contributed by atoms with van der Waals surface area (Å²) in [5, 5.41) is 4.74. The second-order valence-corrected chi connectivity index (χ2v) is 12.3. The zero-order valence-electron chi connectivity index (χ0n) is 22.0. The first-order chi connectivity index (χ1) is 18.3. The molecule has 0 aromatic heterocycles. The van der Waals surface area contributed by atoms with Crippen LogP contribution in [-0.2, 0) is 26.2 Å². The first-order valence-electron chi connectivity index (χ1n) is 13.5. The Morgan fingerprint density at radius 1 is 1.03 bits per heavy atom. The van der Waals surface area contributed by atoms with Crippen LogP contribution in [0.25, 0.3) is 10.8 Å². The number of carbonyl (C=O) groups is 2. The lowest BCUT2D eigenvalue weighted by Gasteiger charge is -2.30. The molecule has 1 saturated carbocycles. The summed E-state index contributed by atoms with van der Waals surface area (Å²) < 4.78 is 28.0. The molecule has 0 spiro atoms. The number of anilines is 1. The van der Waals surface area contributed by atoms with E-state index in [0.29, 0.717) is 23.5 Å². The van der Waals surface area contributed by atoms with Crippen molar-refractivity contribution in [3.63, 3.8) is 0 Å². The van der Waals surface area contributed by atoms with Gasteiger partial charge in [-0.05, 0) is 56.2 Å². The summed E-state index contributed by atoms with van der Waals surface area (Å²) >= 11 is 0. The van der Waals surface area contributed by atoms with Gasteiger partial charge < -0.3 is 10.2 Å².